The topological polar surface area (TPSA) is 265 Å². The molecule has 50 heavy (non-hydrogen) atoms. The summed E-state index contributed by atoms with van der Waals surface area (Å²) in [6, 6.07) is 14.2. The first kappa shape index (κ1) is 33.6. The van der Waals surface area contributed by atoms with Gasteiger partial charge in [0.05, 0.1) is 32.6 Å². The Labute approximate surface area is 283 Å². The Bertz CT molecular complexity index is 2440. The molecule has 0 heterocycles. The number of hydrogen-bond donors (Lipinski definition) is 4. The van der Waals surface area contributed by atoms with Crippen LogP contribution < -0.4 is 22.0 Å². The molecule has 252 valence electrons. The fourth-order valence-electron chi connectivity index (χ4n) is 4.87. The molecule has 0 amide bonds. The number of benzene rings is 3. The van der Waals surface area contributed by atoms with E-state index in [1.54, 1.807) is 0 Å². The van der Waals surface area contributed by atoms with Gasteiger partial charge >= 0.3 is 0 Å². The second-order valence-electron chi connectivity index (χ2n) is 10.7. The summed E-state index contributed by atoms with van der Waals surface area (Å²) < 4.78 is 72.3. The maximum absolute atomic E-state index is 13.3. The van der Waals surface area contributed by atoms with E-state index in [0.29, 0.717) is 11.4 Å². The van der Waals surface area contributed by atoms with Crippen LogP contribution in [-0.4, -0.2) is 60.4 Å². The molecule has 5 N–H and O–H groups in total. The number of nitrogens with zero attached hydrogens (tertiary/aromatic N) is 3. The van der Waals surface area contributed by atoms with Crippen molar-refractivity contribution in [3.63, 3.8) is 0 Å². The molecular formula is C32H21N7O9S2-2. The molecule has 0 saturated heterocycles. The molecule has 3 aliphatic carbocycles. The zero-order valence-corrected chi connectivity index (χ0v) is 26.8. The monoisotopic (exact) mass is 711 g/mol. The van der Waals surface area contributed by atoms with Crippen LogP contribution in [0.4, 0.5) is 22.7 Å². The van der Waals surface area contributed by atoms with Crippen LogP contribution in [0.3, 0.4) is 0 Å². The first-order valence-electron chi connectivity index (χ1n) is 14.2. The minimum Gasteiger partial charge on any atom is -0.744 e. The van der Waals surface area contributed by atoms with Crippen molar-refractivity contribution in [3.05, 3.63) is 117 Å². The van der Waals surface area contributed by atoms with Crippen molar-refractivity contribution in [1.82, 2.24) is 0 Å². The average Bonchev–Trinajstić information content (AvgIpc) is 3.06. The number of nitrogens with two attached hydrogens (primary N) is 1. The molecule has 3 aromatic carbocycles. The van der Waals surface area contributed by atoms with Crippen molar-refractivity contribution >= 4 is 89.6 Å². The summed E-state index contributed by atoms with van der Waals surface area (Å²) >= 11 is 0. The molecule has 0 atom stereocenters. The Balaban J connectivity index is 1.21. The number of fused-ring (bicyclic) bond motifs is 2. The van der Waals surface area contributed by atoms with Gasteiger partial charge in [0.2, 0.25) is 11.6 Å². The minimum absolute atomic E-state index is 0.0646. The van der Waals surface area contributed by atoms with E-state index in [2.05, 4.69) is 31.6 Å². The molecule has 6 rings (SSSR count). The van der Waals surface area contributed by atoms with Crippen molar-refractivity contribution < 1.29 is 40.3 Å². The number of allylic oxidation sites excluding steroid dienone is 6. The largest absolute Gasteiger partial charge is 0.744 e. The van der Waals surface area contributed by atoms with Crippen LogP contribution >= 0.6 is 0 Å². The van der Waals surface area contributed by atoms with Gasteiger partial charge in [0.15, 0.2) is 5.78 Å². The Morgan fingerprint density at radius 1 is 0.560 bits per heavy atom. The van der Waals surface area contributed by atoms with E-state index in [4.69, 9.17) is 5.73 Å². The molecule has 0 unspecified atom stereocenters. The van der Waals surface area contributed by atoms with Gasteiger partial charge in [-0.05, 0) is 108 Å². The summed E-state index contributed by atoms with van der Waals surface area (Å²) in [7, 11) is -10.3. The number of ketones is 3. The second-order valence-corrected chi connectivity index (χ2v) is 13.4. The van der Waals surface area contributed by atoms with Gasteiger partial charge in [0, 0.05) is 16.8 Å². The summed E-state index contributed by atoms with van der Waals surface area (Å²) in [6.07, 6.45) is 7.67. The van der Waals surface area contributed by atoms with E-state index < -0.39 is 53.0 Å². The highest BCUT2D eigenvalue weighted by molar-refractivity contribution is 7.91. The number of carbonyl (C=O) groups excluding carboxylic acids is 3. The lowest BCUT2D eigenvalue weighted by atomic mass is 9.94. The Kier molecular flexibility index (Phi) is 8.68. The highest BCUT2D eigenvalue weighted by Gasteiger charge is 2.31. The summed E-state index contributed by atoms with van der Waals surface area (Å²) in [5, 5.41) is 11.9. The van der Waals surface area contributed by atoms with Crippen molar-refractivity contribution in [2.75, 3.05) is 22.0 Å². The zero-order chi connectivity index (χ0) is 35.8. The second kappa shape index (κ2) is 12.9. The van der Waals surface area contributed by atoms with Crippen LogP contribution in [0.2, 0.25) is 0 Å². The number of anilines is 4. The SMILES string of the molecule is Nc1ccc2c(c1)C=C(S(=O)(=O)[O-])C(=NNc1ccc(NN=C3C(=O)c4ccc(NN=C5C=CC(=O)C=C5)cc4C=C3S(=O)(=O)[O-])cc1)C2=O. The first-order chi connectivity index (χ1) is 23.7. The molecule has 0 spiro atoms. The molecule has 0 aromatic heterocycles. The molecule has 0 saturated carbocycles. The van der Waals surface area contributed by atoms with Crippen molar-refractivity contribution in [1.29, 1.82) is 0 Å². The van der Waals surface area contributed by atoms with E-state index in [-0.39, 0.29) is 45.1 Å². The minimum atomic E-state index is -5.17. The smallest absolute Gasteiger partial charge is 0.215 e. The highest BCUT2D eigenvalue weighted by atomic mass is 32.2. The first-order valence-corrected chi connectivity index (χ1v) is 17.0. The summed E-state index contributed by atoms with van der Waals surface area (Å²) in [5.41, 5.74) is 14.2. The predicted octanol–water partition coefficient (Wildman–Crippen LogP) is 2.83. The van der Waals surface area contributed by atoms with E-state index in [0.717, 1.165) is 12.2 Å². The highest BCUT2D eigenvalue weighted by Crippen LogP contribution is 2.29. The molecule has 0 fully saturated rings. The van der Waals surface area contributed by atoms with Crippen LogP contribution in [0.5, 0.6) is 0 Å². The van der Waals surface area contributed by atoms with E-state index >= 15 is 0 Å². The lowest BCUT2D eigenvalue weighted by Gasteiger charge is -2.20. The Hall–Kier alpha value is -6.34. The molecular weight excluding hydrogens is 691 g/mol. The number of hydrazone groups is 3. The van der Waals surface area contributed by atoms with Gasteiger partial charge < -0.3 is 14.8 Å². The zero-order valence-electron chi connectivity index (χ0n) is 25.1. The van der Waals surface area contributed by atoms with Gasteiger partial charge in [-0.3, -0.25) is 30.7 Å². The van der Waals surface area contributed by atoms with Gasteiger partial charge in [-0.25, -0.2) is 16.8 Å². The van der Waals surface area contributed by atoms with Crippen molar-refractivity contribution in [3.8, 4) is 0 Å². The van der Waals surface area contributed by atoms with Crippen molar-refractivity contribution in [2.24, 2.45) is 15.3 Å². The van der Waals surface area contributed by atoms with Gasteiger partial charge in [-0.2, -0.15) is 15.3 Å². The quantitative estimate of drug-likeness (QED) is 0.113. The summed E-state index contributed by atoms with van der Waals surface area (Å²) in [5.74, 6) is -1.85. The van der Waals surface area contributed by atoms with Crippen LogP contribution in [0.1, 0.15) is 31.8 Å². The maximum Gasteiger partial charge on any atom is 0.215 e. The molecule has 3 aromatic rings. The number of nitrogen functional groups attached to an aromatic ring is 1. The Morgan fingerprint density at radius 2 is 1.00 bits per heavy atom. The maximum atomic E-state index is 13.3. The fourth-order valence-corrected chi connectivity index (χ4v) is 6.16. The van der Waals surface area contributed by atoms with E-state index in [1.807, 2.05) is 0 Å². The molecule has 0 aliphatic heterocycles. The number of carbonyl (C=O) groups is 3. The summed E-state index contributed by atoms with van der Waals surface area (Å²) in [4.78, 5) is 35.9. The van der Waals surface area contributed by atoms with Gasteiger partial charge in [0.1, 0.15) is 31.7 Å². The molecule has 0 radical (unpaired) electrons. The normalized spacial score (nSPS) is 17.2. The van der Waals surface area contributed by atoms with E-state index in [9.17, 15) is 40.3 Å². The van der Waals surface area contributed by atoms with Crippen LogP contribution in [0.15, 0.2) is 110 Å². The Morgan fingerprint density at radius 3 is 1.50 bits per heavy atom. The average molecular weight is 712 g/mol. The number of Topliss-reactive ketones (excluding diaryl/α,β-unsaturated/α-hetero) is 2. The summed E-state index contributed by atoms with van der Waals surface area (Å²) in [6.45, 7) is 0. The van der Waals surface area contributed by atoms with Gasteiger partial charge in [-0.1, -0.05) is 0 Å². The van der Waals surface area contributed by atoms with Gasteiger partial charge in [-0.15, -0.1) is 0 Å². The standard InChI is InChI=1S/C32H23N7O9S2/c33-19-1-11-25-17(13-19)15-27(49(43,44)45)29(31(25)41)38-35-20-2-4-21(5-3-20)36-39-30-28(50(46,47)48)16-18-14-23(8-12-26(18)32(30)42)37-34-22-6-9-24(40)10-7-22/h1-16,35-37H,33H2,(H,43,44,45)(H,46,47,48)/p-2. The van der Waals surface area contributed by atoms with Crippen LogP contribution in [0, 0.1) is 0 Å². The lowest BCUT2D eigenvalue weighted by molar-refractivity contribution is -0.110. The predicted molar refractivity (Wildman–Crippen MR) is 184 cm³/mol. The molecule has 0 bridgehead atoms. The lowest BCUT2D eigenvalue weighted by Crippen LogP contribution is -2.27. The molecule has 18 heteroatoms. The fraction of sp³-hybridized carbons (Fsp3) is 0. The third-order valence-corrected chi connectivity index (χ3v) is 8.95. The number of nitrogens with one attached hydrogen (secondary N) is 3. The van der Waals surface area contributed by atoms with Crippen LogP contribution in [0.25, 0.3) is 12.2 Å². The third kappa shape index (κ3) is 7.08. The molecule has 16 nitrogen and oxygen atoms in total. The molecule has 3 aliphatic rings. The third-order valence-electron chi connectivity index (χ3n) is 7.25. The van der Waals surface area contributed by atoms with Gasteiger partial charge in [0.25, 0.3) is 0 Å². The number of hydrogen-bond acceptors (Lipinski definition) is 16. The van der Waals surface area contributed by atoms with Crippen molar-refractivity contribution in [2.45, 2.75) is 0 Å². The van der Waals surface area contributed by atoms with E-state index in [1.165, 1.54) is 85.0 Å². The number of rotatable bonds is 8. The van der Waals surface area contributed by atoms with Crippen LogP contribution in [-0.2, 0) is 25.0 Å².